The molecule has 2 heterocycles. The Hall–Kier alpha value is -6.64. The number of ether oxygens (including phenoxy) is 2. The molecule has 2 unspecified atom stereocenters. The van der Waals surface area contributed by atoms with Crippen molar-refractivity contribution >= 4 is 62.8 Å². The van der Waals surface area contributed by atoms with Crippen molar-refractivity contribution in [1.29, 1.82) is 0 Å². The summed E-state index contributed by atoms with van der Waals surface area (Å²) in [5, 5.41) is 11.4. The number of halogens is 3. The van der Waals surface area contributed by atoms with Gasteiger partial charge in [-0.3, -0.25) is 32.9 Å². The van der Waals surface area contributed by atoms with Gasteiger partial charge in [0, 0.05) is 90.5 Å². The lowest BCUT2D eigenvalue weighted by Gasteiger charge is -2.24. The number of carbonyl (C=O) groups excluding carboxylic acids is 4. The number of H-pyrrole nitrogens is 1. The molecular weight excluding hydrogens is 1190 g/mol. The maximum Gasteiger partial charge on any atom is 0.333 e. The van der Waals surface area contributed by atoms with Crippen LogP contribution in [0.5, 0.6) is 11.5 Å². The summed E-state index contributed by atoms with van der Waals surface area (Å²) in [4.78, 5) is 76.6. The van der Waals surface area contributed by atoms with E-state index in [1.807, 2.05) is 118 Å². The summed E-state index contributed by atoms with van der Waals surface area (Å²) in [5.74, 6) is -0.384. The third kappa shape index (κ3) is 24.7. The molecule has 18 nitrogen and oxygen atoms in total. The normalized spacial score (nSPS) is 14.1. The number of carbonyl (C=O) groups is 4. The van der Waals surface area contributed by atoms with Crippen LogP contribution in [-0.2, 0) is 33.5 Å². The molecule has 2 aromatic heterocycles. The van der Waals surface area contributed by atoms with Gasteiger partial charge in [-0.05, 0) is 154 Å². The molecule has 0 aliphatic heterocycles. The largest absolute Gasteiger partial charge is 0.489 e. The summed E-state index contributed by atoms with van der Waals surface area (Å²) >= 11 is 15.8. The van der Waals surface area contributed by atoms with Crippen LogP contribution in [0.25, 0.3) is 5.69 Å². The van der Waals surface area contributed by atoms with E-state index in [4.69, 9.17) is 44.1 Å². The summed E-state index contributed by atoms with van der Waals surface area (Å²) in [6, 6.07) is 23.6. The lowest BCUT2D eigenvalue weighted by Crippen LogP contribution is -2.47. The molecule has 1 aliphatic carbocycles. The van der Waals surface area contributed by atoms with Crippen LogP contribution in [0, 0.1) is 0 Å². The fourth-order valence-corrected chi connectivity index (χ4v) is 8.95. The monoisotopic (exact) mass is 1280 g/mol. The second-order valence-electron chi connectivity index (χ2n) is 22.0. The van der Waals surface area contributed by atoms with Gasteiger partial charge in [0.25, 0.3) is 11.8 Å². The SMILES string of the molecule is C.C.C.C.CC(C)(C)n1cc[nH]c1=O.CNC(=O)C(Cc1ccc(-n2ccn(C(C)(C)C)c2=O)cc1)NC(=O)c1ccc(OC(C)C)c(Cl)c1.CNC(=O)C(Cc1ccc(Br)cc1)NC(=O)c1ccc(OC(C)C)c(Cl)c1.N[C@H]1CCCC[C@@H]1N. The Labute approximate surface area is 523 Å². The molecular formula is C64H97BrCl2N10O8. The molecule has 7 rings (SSSR count). The fourth-order valence-electron chi connectivity index (χ4n) is 8.24. The Bertz CT molecular complexity index is 3110. The molecule has 1 saturated carbocycles. The Kier molecular flexibility index (Phi) is 33.5. The first kappa shape index (κ1) is 78.4. The summed E-state index contributed by atoms with van der Waals surface area (Å²) in [6.45, 7) is 19.4. The Morgan fingerprint density at radius 3 is 1.33 bits per heavy atom. The molecule has 0 saturated heterocycles. The quantitative estimate of drug-likeness (QED) is 0.0512. The second-order valence-corrected chi connectivity index (χ2v) is 23.7. The lowest BCUT2D eigenvalue weighted by molar-refractivity contribution is -0.123. The average molecular weight is 1290 g/mol. The molecule has 9 N–H and O–H groups in total. The van der Waals surface area contributed by atoms with Crippen LogP contribution >= 0.6 is 39.1 Å². The van der Waals surface area contributed by atoms with E-state index in [0.29, 0.717) is 44.8 Å². The molecule has 85 heavy (non-hydrogen) atoms. The number of hydrogen-bond donors (Lipinski definition) is 7. The van der Waals surface area contributed by atoms with Gasteiger partial charge < -0.3 is 47.2 Å². The lowest BCUT2D eigenvalue weighted by atomic mass is 9.92. The van der Waals surface area contributed by atoms with Crippen molar-refractivity contribution in [2.45, 2.75) is 185 Å². The first-order valence-electron chi connectivity index (χ1n) is 26.9. The minimum atomic E-state index is -0.802. The van der Waals surface area contributed by atoms with Crippen molar-refractivity contribution in [3.63, 3.8) is 0 Å². The minimum Gasteiger partial charge on any atom is -0.489 e. The second kappa shape index (κ2) is 36.4. The van der Waals surface area contributed by atoms with Gasteiger partial charge in [-0.1, -0.05) is 106 Å². The first-order valence-corrected chi connectivity index (χ1v) is 28.5. The van der Waals surface area contributed by atoms with Crippen molar-refractivity contribution in [3.8, 4) is 17.2 Å². The molecule has 4 amide bonds. The Morgan fingerprint density at radius 2 is 1.02 bits per heavy atom. The van der Waals surface area contributed by atoms with Crippen LogP contribution in [0.1, 0.15) is 156 Å². The fraction of sp³-hybridized carbons (Fsp3) is 0.469. The van der Waals surface area contributed by atoms with Crippen LogP contribution in [0.2, 0.25) is 10.0 Å². The Morgan fingerprint density at radius 1 is 0.624 bits per heavy atom. The predicted octanol–water partition coefficient (Wildman–Crippen LogP) is 11.6. The van der Waals surface area contributed by atoms with E-state index < -0.39 is 18.0 Å². The number of aromatic nitrogens is 4. The predicted molar refractivity (Wildman–Crippen MR) is 353 cm³/mol. The molecule has 0 bridgehead atoms. The summed E-state index contributed by atoms with van der Waals surface area (Å²) in [7, 11) is 3.06. The number of imidazole rings is 2. The maximum absolute atomic E-state index is 12.9. The molecule has 472 valence electrons. The number of benzene rings is 4. The molecule has 1 fully saturated rings. The van der Waals surface area contributed by atoms with Gasteiger partial charge in [0.2, 0.25) is 11.8 Å². The van der Waals surface area contributed by atoms with Crippen molar-refractivity contribution < 1.29 is 28.7 Å². The number of rotatable bonds is 15. The highest BCUT2D eigenvalue weighted by atomic mass is 79.9. The van der Waals surface area contributed by atoms with Crippen LogP contribution in [0.3, 0.4) is 0 Å². The van der Waals surface area contributed by atoms with Crippen molar-refractivity contribution in [2.75, 3.05) is 14.1 Å². The maximum atomic E-state index is 12.9. The van der Waals surface area contributed by atoms with Gasteiger partial charge in [0.1, 0.15) is 23.6 Å². The van der Waals surface area contributed by atoms with Crippen LogP contribution in [-0.4, -0.2) is 92.8 Å². The van der Waals surface area contributed by atoms with Gasteiger partial charge in [-0.2, -0.15) is 0 Å². The van der Waals surface area contributed by atoms with E-state index in [-0.39, 0.29) is 101 Å². The molecule has 1 aliphatic rings. The van der Waals surface area contributed by atoms with E-state index in [0.717, 1.165) is 28.4 Å². The molecule has 0 spiro atoms. The summed E-state index contributed by atoms with van der Waals surface area (Å²) in [6.07, 6.45) is 12.3. The van der Waals surface area contributed by atoms with Crippen LogP contribution in [0.4, 0.5) is 0 Å². The topological polar surface area (TPSA) is 252 Å². The van der Waals surface area contributed by atoms with Gasteiger partial charge in [0.15, 0.2) is 0 Å². The van der Waals surface area contributed by atoms with Crippen molar-refractivity contribution in [1.82, 2.24) is 40.0 Å². The Balaban J connectivity index is 0.00000126. The van der Waals surface area contributed by atoms with Crippen molar-refractivity contribution in [2.24, 2.45) is 11.5 Å². The molecule has 21 heteroatoms. The highest BCUT2D eigenvalue weighted by molar-refractivity contribution is 9.10. The van der Waals surface area contributed by atoms with E-state index in [1.165, 1.54) is 39.1 Å². The van der Waals surface area contributed by atoms with Gasteiger partial charge in [-0.15, -0.1) is 0 Å². The van der Waals surface area contributed by atoms with E-state index in [1.54, 1.807) is 62.8 Å². The minimum absolute atomic E-state index is 0. The van der Waals surface area contributed by atoms with Gasteiger partial charge >= 0.3 is 11.4 Å². The number of hydrogen-bond acceptors (Lipinski definition) is 10. The van der Waals surface area contributed by atoms with Gasteiger partial charge in [-0.25, -0.2) is 9.59 Å². The first-order chi connectivity index (χ1) is 38.0. The highest BCUT2D eigenvalue weighted by Crippen LogP contribution is 2.28. The summed E-state index contributed by atoms with van der Waals surface area (Å²) in [5.41, 5.74) is 13.8. The molecule has 0 radical (unpaired) electrons. The third-order valence-corrected chi connectivity index (χ3v) is 13.7. The van der Waals surface area contributed by atoms with Gasteiger partial charge in [0.05, 0.1) is 27.9 Å². The highest BCUT2D eigenvalue weighted by Gasteiger charge is 2.25. The van der Waals surface area contributed by atoms with E-state index in [9.17, 15) is 28.8 Å². The zero-order chi connectivity index (χ0) is 60.4. The number of nitrogens with zero attached hydrogens (tertiary/aromatic N) is 3. The molecule has 4 atom stereocenters. The summed E-state index contributed by atoms with van der Waals surface area (Å²) < 4.78 is 17.0. The zero-order valence-electron chi connectivity index (χ0n) is 48.5. The van der Waals surface area contributed by atoms with Crippen LogP contribution < -0.4 is 53.6 Å². The smallest absolute Gasteiger partial charge is 0.333 e. The molecule has 4 aromatic carbocycles. The van der Waals surface area contributed by atoms with E-state index in [2.05, 4.69) is 42.2 Å². The van der Waals surface area contributed by atoms with Crippen LogP contribution in [0.15, 0.2) is 124 Å². The van der Waals surface area contributed by atoms with E-state index >= 15 is 0 Å². The average Bonchev–Trinajstić information content (AvgIpc) is 4.31. The van der Waals surface area contributed by atoms with Crippen molar-refractivity contribution in [3.05, 3.63) is 167 Å². The third-order valence-electron chi connectivity index (χ3n) is 12.6. The number of aromatic amines is 1. The molecule has 6 aromatic rings. The number of nitrogens with two attached hydrogens (primary N) is 2. The number of likely N-dealkylation sites (N-methyl/N-ethyl adjacent to an activating group) is 2. The zero-order valence-corrected chi connectivity index (χ0v) is 51.6. The number of amides is 4. The number of nitrogens with one attached hydrogen (secondary N) is 5. The standard InChI is InChI=1S/C27H33ClN4O4.C20H22BrClN2O3.C7H12N2O.C6H14N2.4CH4/c1-17(2)36-23-12-9-19(16-21(23)28)24(33)30-22(25(34)29-6)15-18-7-10-20(11-8-18)31-13-14-32(26(31)35)27(3,4)5;1-12(2)27-18-9-6-14(11-16(18)22)19(25)24-17(20(26)23-3)10-13-4-7-15(21)8-5-13;1-7(2,3)9-5-4-8-6(9)10;7-5-3-1-2-4-6(5)8;;;;/h7-14,16-17,22H,15H2,1-6H3,(H,29,34)(H,30,33);4-9,11-12,17H,10H2,1-3H3,(H,23,26)(H,24,25);4-5H,1-3H3,(H,8,10);5-6H,1-4,7-8H2;4*1H4/t;;;5-,6-;;;;/m...0..../s1.